The minimum absolute atomic E-state index is 0. The number of rotatable bonds is 2. The molecule has 2 saturated heterocycles. The van der Waals surface area contributed by atoms with Crippen LogP contribution in [0.3, 0.4) is 0 Å². The lowest BCUT2D eigenvalue weighted by molar-refractivity contribution is 0.0783. The number of fused-ring (bicyclic) bond motifs is 2. The summed E-state index contributed by atoms with van der Waals surface area (Å²) in [6, 6.07) is 6.40. The first kappa shape index (κ1) is 20.4. The summed E-state index contributed by atoms with van der Waals surface area (Å²) in [7, 11) is 0. The Balaban J connectivity index is 0.00000105. The van der Waals surface area contributed by atoms with E-state index in [-0.39, 0.29) is 30.7 Å². The molecule has 0 radical (unpaired) electrons. The Morgan fingerprint density at radius 1 is 1.07 bits per heavy atom. The van der Waals surface area contributed by atoms with E-state index in [4.69, 9.17) is 4.98 Å². The highest BCUT2D eigenvalue weighted by molar-refractivity contribution is 6.07. The van der Waals surface area contributed by atoms with Crippen LogP contribution in [0.5, 0.6) is 0 Å². The first-order valence-corrected chi connectivity index (χ1v) is 9.52. The number of halogens is 2. The second-order valence-electron chi connectivity index (χ2n) is 8.24. The number of nitrogens with zero attached hydrogens (tertiary/aromatic N) is 2. The topological polar surface area (TPSA) is 45.2 Å². The number of hydrogen-bond acceptors (Lipinski definition) is 3. The molecule has 3 fully saturated rings. The van der Waals surface area contributed by atoms with E-state index in [0.29, 0.717) is 17.8 Å². The van der Waals surface area contributed by atoms with E-state index >= 15 is 0 Å². The van der Waals surface area contributed by atoms with Crippen molar-refractivity contribution in [2.24, 2.45) is 11.8 Å². The van der Waals surface area contributed by atoms with Gasteiger partial charge in [-0.05, 0) is 56.2 Å². The molecule has 146 valence electrons. The Hall–Kier alpha value is -1.36. The van der Waals surface area contributed by atoms with Gasteiger partial charge in [0.05, 0.1) is 11.1 Å². The highest BCUT2D eigenvalue weighted by atomic mass is 35.5. The highest BCUT2D eigenvalue weighted by Gasteiger charge is 2.39. The van der Waals surface area contributed by atoms with Gasteiger partial charge in [-0.2, -0.15) is 0 Å². The highest BCUT2D eigenvalue weighted by Crippen LogP contribution is 2.41. The average Bonchev–Trinajstić information content (AvgIpc) is 3.21. The van der Waals surface area contributed by atoms with Gasteiger partial charge in [0.1, 0.15) is 0 Å². The van der Waals surface area contributed by atoms with Crippen LogP contribution in [0.15, 0.2) is 18.2 Å². The molecule has 1 saturated carbocycles. The van der Waals surface area contributed by atoms with E-state index in [0.717, 1.165) is 48.3 Å². The second kappa shape index (κ2) is 7.57. The molecular weight excluding hydrogens is 381 g/mol. The third-order valence-corrected chi connectivity index (χ3v) is 6.17. The van der Waals surface area contributed by atoms with Crippen LogP contribution >= 0.6 is 24.8 Å². The molecule has 3 aliphatic rings. The normalized spacial score (nSPS) is 23.7. The largest absolute Gasteiger partial charge is 0.338 e. The van der Waals surface area contributed by atoms with E-state index in [1.54, 1.807) is 0 Å². The number of hydrogen-bond donors (Lipinski definition) is 1. The molecule has 2 aromatic rings. The third kappa shape index (κ3) is 3.55. The molecule has 2 aliphatic heterocycles. The van der Waals surface area contributed by atoms with E-state index in [1.165, 1.54) is 24.0 Å². The van der Waals surface area contributed by atoms with Crippen molar-refractivity contribution in [3.63, 3.8) is 0 Å². The summed E-state index contributed by atoms with van der Waals surface area (Å²) in [6.07, 6.45) is 2.41. The van der Waals surface area contributed by atoms with E-state index in [2.05, 4.69) is 42.3 Å². The van der Waals surface area contributed by atoms with Crippen molar-refractivity contribution >= 4 is 41.6 Å². The molecule has 3 heterocycles. The molecular formula is C21H27Cl2N3O. The molecule has 0 unspecified atom stereocenters. The van der Waals surface area contributed by atoms with Gasteiger partial charge < -0.3 is 10.2 Å². The number of likely N-dealkylation sites (tertiary alicyclic amines) is 1. The molecule has 1 amide bonds. The zero-order valence-electron chi connectivity index (χ0n) is 15.8. The molecule has 1 aliphatic carbocycles. The lowest BCUT2D eigenvalue weighted by Gasteiger charge is -2.20. The fourth-order valence-electron chi connectivity index (χ4n) is 4.66. The van der Waals surface area contributed by atoms with Crippen molar-refractivity contribution in [2.75, 3.05) is 26.2 Å². The maximum atomic E-state index is 13.4. The summed E-state index contributed by atoms with van der Waals surface area (Å²) >= 11 is 0. The van der Waals surface area contributed by atoms with Crippen molar-refractivity contribution < 1.29 is 4.79 Å². The summed E-state index contributed by atoms with van der Waals surface area (Å²) in [4.78, 5) is 20.4. The van der Waals surface area contributed by atoms with E-state index in [9.17, 15) is 4.79 Å². The minimum atomic E-state index is 0. The molecule has 2 atom stereocenters. The van der Waals surface area contributed by atoms with Crippen molar-refractivity contribution in [1.82, 2.24) is 15.2 Å². The SMILES string of the molecule is Cc1cc(C)c2nc(C3CC3)cc(C(=O)N3C[C@H]4CNC[C@H]4C3)c2c1.Cl.Cl. The third-order valence-electron chi connectivity index (χ3n) is 6.17. The van der Waals surface area contributed by atoms with Gasteiger partial charge in [0.25, 0.3) is 5.91 Å². The van der Waals surface area contributed by atoms with Crippen molar-refractivity contribution in [3.8, 4) is 0 Å². The molecule has 4 nitrogen and oxygen atoms in total. The fourth-order valence-corrected chi connectivity index (χ4v) is 4.66. The Labute approximate surface area is 172 Å². The predicted molar refractivity (Wildman–Crippen MR) is 113 cm³/mol. The van der Waals surface area contributed by atoms with Crippen LogP contribution in [-0.2, 0) is 0 Å². The Morgan fingerprint density at radius 2 is 1.74 bits per heavy atom. The number of aryl methyl sites for hydroxylation is 2. The van der Waals surface area contributed by atoms with Crippen LogP contribution in [0, 0.1) is 25.7 Å². The van der Waals surface area contributed by atoms with E-state index in [1.807, 2.05) is 0 Å². The number of aromatic nitrogens is 1. The fraction of sp³-hybridized carbons (Fsp3) is 0.524. The number of benzene rings is 1. The molecule has 5 rings (SSSR count). The van der Waals surface area contributed by atoms with Gasteiger partial charge in [0.15, 0.2) is 0 Å². The number of pyridine rings is 1. The van der Waals surface area contributed by atoms with Gasteiger partial charge in [0, 0.05) is 43.2 Å². The minimum Gasteiger partial charge on any atom is -0.338 e. The Morgan fingerprint density at radius 3 is 2.37 bits per heavy atom. The van der Waals surface area contributed by atoms with Crippen LogP contribution in [0.25, 0.3) is 10.9 Å². The summed E-state index contributed by atoms with van der Waals surface area (Å²) in [6.45, 7) is 8.10. The van der Waals surface area contributed by atoms with Gasteiger partial charge in [-0.1, -0.05) is 11.6 Å². The molecule has 0 bridgehead atoms. The van der Waals surface area contributed by atoms with Gasteiger partial charge >= 0.3 is 0 Å². The zero-order valence-corrected chi connectivity index (χ0v) is 17.5. The lowest BCUT2D eigenvalue weighted by atomic mass is 10.00. The van der Waals surface area contributed by atoms with Crippen molar-refractivity contribution in [3.05, 3.63) is 40.6 Å². The molecule has 1 aromatic carbocycles. The van der Waals surface area contributed by atoms with Crippen molar-refractivity contribution in [1.29, 1.82) is 0 Å². The molecule has 6 heteroatoms. The smallest absolute Gasteiger partial charge is 0.254 e. The Bertz CT molecular complexity index is 869. The zero-order chi connectivity index (χ0) is 17.1. The maximum absolute atomic E-state index is 13.4. The maximum Gasteiger partial charge on any atom is 0.254 e. The average molecular weight is 408 g/mol. The first-order valence-electron chi connectivity index (χ1n) is 9.52. The van der Waals surface area contributed by atoms with Gasteiger partial charge in [0.2, 0.25) is 0 Å². The summed E-state index contributed by atoms with van der Waals surface area (Å²) in [5, 5.41) is 4.48. The molecule has 1 N–H and O–H groups in total. The van der Waals surface area contributed by atoms with Gasteiger partial charge in [-0.25, -0.2) is 0 Å². The number of nitrogens with one attached hydrogen (secondary N) is 1. The number of amides is 1. The molecule has 1 aromatic heterocycles. The van der Waals surface area contributed by atoms with Crippen LogP contribution in [0.2, 0.25) is 0 Å². The molecule has 27 heavy (non-hydrogen) atoms. The van der Waals surface area contributed by atoms with Crippen LogP contribution < -0.4 is 5.32 Å². The summed E-state index contributed by atoms with van der Waals surface area (Å²) < 4.78 is 0. The quantitative estimate of drug-likeness (QED) is 0.821. The standard InChI is InChI=1S/C21H25N3O.2ClH/c1-12-5-13(2)20-17(6-12)18(7-19(23-20)14-3-4-14)21(25)24-10-15-8-22-9-16(15)11-24;;/h5-7,14-16,22H,3-4,8-11H2,1-2H3;2*1H/t15-,16+;;. The van der Waals surface area contributed by atoms with Gasteiger partial charge in [-0.15, -0.1) is 24.8 Å². The van der Waals surface area contributed by atoms with Crippen LogP contribution in [0.1, 0.15) is 45.9 Å². The monoisotopic (exact) mass is 407 g/mol. The number of carbonyl (C=O) groups is 1. The lowest BCUT2D eigenvalue weighted by Crippen LogP contribution is -2.32. The number of carbonyl (C=O) groups excluding carboxylic acids is 1. The molecule has 0 spiro atoms. The summed E-state index contributed by atoms with van der Waals surface area (Å²) in [5.74, 6) is 2.01. The second-order valence-corrected chi connectivity index (χ2v) is 8.24. The van der Waals surface area contributed by atoms with Crippen molar-refractivity contribution in [2.45, 2.75) is 32.6 Å². The Kier molecular flexibility index (Phi) is 5.72. The van der Waals surface area contributed by atoms with E-state index < -0.39 is 0 Å². The summed E-state index contributed by atoms with van der Waals surface area (Å²) in [5.41, 5.74) is 5.37. The van der Waals surface area contributed by atoms with Crippen LogP contribution in [-0.4, -0.2) is 42.0 Å². The predicted octanol–water partition coefficient (Wildman–Crippen LogP) is 3.86. The van der Waals surface area contributed by atoms with Gasteiger partial charge in [-0.3, -0.25) is 9.78 Å². The van der Waals surface area contributed by atoms with Crippen LogP contribution in [0.4, 0.5) is 0 Å². The first-order chi connectivity index (χ1) is 12.1.